The second-order valence-electron chi connectivity index (χ2n) is 8.20. The van der Waals surface area contributed by atoms with Crippen LogP contribution in [0.15, 0.2) is 48.5 Å². The highest BCUT2D eigenvalue weighted by atomic mass is 19.1. The lowest BCUT2D eigenvalue weighted by atomic mass is 9.92. The van der Waals surface area contributed by atoms with Gasteiger partial charge < -0.3 is 15.1 Å². The van der Waals surface area contributed by atoms with Crippen molar-refractivity contribution in [2.45, 2.75) is 18.4 Å². The van der Waals surface area contributed by atoms with E-state index in [1.807, 2.05) is 29.2 Å². The summed E-state index contributed by atoms with van der Waals surface area (Å²) in [5, 5.41) is 2.85. The predicted octanol–water partition coefficient (Wildman–Crippen LogP) is 1.87. The number of urea groups is 1. The maximum atomic E-state index is 14.0. The third-order valence-corrected chi connectivity index (χ3v) is 6.54. The summed E-state index contributed by atoms with van der Waals surface area (Å²) in [7, 11) is 0. The molecule has 0 unspecified atom stereocenters. The van der Waals surface area contributed by atoms with E-state index in [1.165, 1.54) is 6.07 Å². The first-order valence-corrected chi connectivity index (χ1v) is 10.5. The molecule has 7 nitrogen and oxygen atoms in total. The van der Waals surface area contributed by atoms with E-state index in [2.05, 4.69) is 5.32 Å². The minimum Gasteiger partial charge on any atom is -0.366 e. The normalized spacial score (nSPS) is 22.8. The number of amides is 4. The number of rotatable bonds is 3. The molecule has 1 aliphatic carbocycles. The second-order valence-corrected chi connectivity index (χ2v) is 8.20. The molecule has 0 aromatic heterocycles. The van der Waals surface area contributed by atoms with Crippen molar-refractivity contribution in [1.29, 1.82) is 0 Å². The fourth-order valence-corrected chi connectivity index (χ4v) is 4.87. The summed E-state index contributed by atoms with van der Waals surface area (Å²) in [5.74, 6) is -0.926. The number of piperazine rings is 1. The van der Waals surface area contributed by atoms with E-state index in [4.69, 9.17) is 0 Å². The van der Waals surface area contributed by atoms with Gasteiger partial charge in [0.25, 0.3) is 5.91 Å². The van der Waals surface area contributed by atoms with Crippen LogP contribution in [0.3, 0.4) is 0 Å². The van der Waals surface area contributed by atoms with Crippen LogP contribution in [0.2, 0.25) is 0 Å². The Morgan fingerprint density at radius 3 is 2.48 bits per heavy atom. The summed E-state index contributed by atoms with van der Waals surface area (Å²) in [6.07, 6.45) is 1.21. The summed E-state index contributed by atoms with van der Waals surface area (Å²) in [6.45, 7) is 1.51. The van der Waals surface area contributed by atoms with E-state index in [-0.39, 0.29) is 24.2 Å². The molecular formula is C23H23FN4O3. The third kappa shape index (κ3) is 3.13. The largest absolute Gasteiger partial charge is 0.366 e. The Bertz CT molecular complexity index is 1070. The molecule has 2 aromatic rings. The number of hydrogen-bond donors (Lipinski definition) is 1. The van der Waals surface area contributed by atoms with Gasteiger partial charge in [-0.05, 0) is 36.1 Å². The van der Waals surface area contributed by atoms with Crippen LogP contribution in [0.1, 0.15) is 17.5 Å². The number of fused-ring (bicyclic) bond motifs is 2. The van der Waals surface area contributed by atoms with Gasteiger partial charge in [-0.1, -0.05) is 36.4 Å². The molecule has 31 heavy (non-hydrogen) atoms. The van der Waals surface area contributed by atoms with Gasteiger partial charge in [0.15, 0.2) is 0 Å². The fourth-order valence-electron chi connectivity index (χ4n) is 4.87. The zero-order chi connectivity index (χ0) is 21.6. The second kappa shape index (κ2) is 7.37. The molecule has 160 valence electrons. The predicted molar refractivity (Wildman–Crippen MR) is 112 cm³/mol. The van der Waals surface area contributed by atoms with Crippen LogP contribution in [0.25, 0.3) is 0 Å². The number of hydrogen-bond acceptors (Lipinski definition) is 4. The van der Waals surface area contributed by atoms with E-state index in [0.29, 0.717) is 44.7 Å². The van der Waals surface area contributed by atoms with Crippen LogP contribution in [-0.2, 0) is 21.5 Å². The fraction of sp³-hybridized carbons (Fsp3) is 0.348. The number of imide groups is 1. The molecule has 3 aliphatic rings. The topological polar surface area (TPSA) is 73.0 Å². The molecule has 2 heterocycles. The number of benzene rings is 2. The average molecular weight is 422 g/mol. The third-order valence-electron chi connectivity index (χ3n) is 6.54. The van der Waals surface area contributed by atoms with Gasteiger partial charge in [-0.25, -0.2) is 9.18 Å². The summed E-state index contributed by atoms with van der Waals surface area (Å²) in [5.41, 5.74) is 1.33. The van der Waals surface area contributed by atoms with Gasteiger partial charge in [0, 0.05) is 26.2 Å². The van der Waals surface area contributed by atoms with Gasteiger partial charge in [0.1, 0.15) is 17.9 Å². The van der Waals surface area contributed by atoms with Crippen molar-refractivity contribution in [3.8, 4) is 0 Å². The number of nitrogens with one attached hydrogen (secondary N) is 1. The summed E-state index contributed by atoms with van der Waals surface area (Å²) in [4.78, 5) is 43.3. The molecule has 2 saturated heterocycles. The van der Waals surface area contributed by atoms with Crippen molar-refractivity contribution >= 4 is 23.5 Å². The zero-order valence-corrected chi connectivity index (χ0v) is 17.0. The molecule has 0 radical (unpaired) electrons. The van der Waals surface area contributed by atoms with Crippen molar-refractivity contribution in [3.63, 3.8) is 0 Å². The van der Waals surface area contributed by atoms with Crippen LogP contribution in [-0.4, -0.2) is 60.4 Å². The number of halogens is 1. The standard InChI is InChI=1S/C23H23FN4O3/c24-18-7-3-4-8-19(18)26-11-13-27(14-12-26)20(29)15-28-21(30)23(25-22(28)31)10-9-16-5-1-2-6-17(16)23/h1-8H,9-15H2,(H,25,31)/t23-/m1/s1. The van der Waals surface area contributed by atoms with E-state index < -0.39 is 11.6 Å². The molecular weight excluding hydrogens is 399 g/mol. The molecule has 2 aromatic carbocycles. The van der Waals surface area contributed by atoms with Crippen LogP contribution in [0, 0.1) is 5.82 Å². The molecule has 1 atom stereocenters. The Labute approximate surface area is 179 Å². The van der Waals surface area contributed by atoms with Gasteiger partial charge >= 0.3 is 6.03 Å². The van der Waals surface area contributed by atoms with Crippen LogP contribution >= 0.6 is 0 Å². The Morgan fingerprint density at radius 2 is 1.71 bits per heavy atom. The minimum atomic E-state index is -1.06. The summed E-state index contributed by atoms with van der Waals surface area (Å²) >= 11 is 0. The highest BCUT2D eigenvalue weighted by Gasteiger charge is 2.55. The van der Waals surface area contributed by atoms with Crippen molar-refractivity contribution in [2.75, 3.05) is 37.6 Å². The van der Waals surface area contributed by atoms with Gasteiger partial charge in [-0.3, -0.25) is 14.5 Å². The quantitative estimate of drug-likeness (QED) is 0.767. The van der Waals surface area contributed by atoms with E-state index in [0.717, 1.165) is 16.0 Å². The molecule has 1 spiro atoms. The number of para-hydroxylation sites is 1. The van der Waals surface area contributed by atoms with E-state index in [9.17, 15) is 18.8 Å². The lowest BCUT2D eigenvalue weighted by molar-refractivity contribution is -0.139. The maximum Gasteiger partial charge on any atom is 0.325 e. The Hall–Kier alpha value is -3.42. The first kappa shape index (κ1) is 19.5. The Balaban J connectivity index is 1.25. The van der Waals surface area contributed by atoms with Crippen molar-refractivity contribution in [2.24, 2.45) is 0 Å². The number of anilines is 1. The van der Waals surface area contributed by atoms with Gasteiger partial charge in [-0.2, -0.15) is 0 Å². The van der Waals surface area contributed by atoms with Crippen molar-refractivity contribution in [3.05, 3.63) is 65.5 Å². The monoisotopic (exact) mass is 422 g/mol. The first-order chi connectivity index (χ1) is 15.0. The highest BCUT2D eigenvalue weighted by Crippen LogP contribution is 2.41. The number of nitrogens with zero attached hydrogens (tertiary/aromatic N) is 3. The lowest BCUT2D eigenvalue weighted by Gasteiger charge is -2.36. The number of carbonyl (C=O) groups excluding carboxylic acids is 3. The van der Waals surface area contributed by atoms with Crippen LogP contribution < -0.4 is 10.2 Å². The van der Waals surface area contributed by atoms with E-state index in [1.54, 1.807) is 23.1 Å². The molecule has 4 amide bonds. The zero-order valence-electron chi connectivity index (χ0n) is 17.0. The average Bonchev–Trinajstić information content (AvgIpc) is 3.27. The van der Waals surface area contributed by atoms with Gasteiger partial charge in [0.2, 0.25) is 5.91 Å². The molecule has 2 aliphatic heterocycles. The summed E-state index contributed by atoms with van der Waals surface area (Å²) < 4.78 is 14.0. The van der Waals surface area contributed by atoms with Crippen molar-refractivity contribution in [1.82, 2.24) is 15.1 Å². The molecule has 5 rings (SSSR count). The molecule has 2 fully saturated rings. The molecule has 1 N–H and O–H groups in total. The van der Waals surface area contributed by atoms with Gasteiger partial charge in [0.05, 0.1) is 5.69 Å². The minimum absolute atomic E-state index is 0.278. The van der Waals surface area contributed by atoms with E-state index >= 15 is 0 Å². The molecule has 8 heteroatoms. The van der Waals surface area contributed by atoms with Crippen LogP contribution in [0.4, 0.5) is 14.9 Å². The summed E-state index contributed by atoms with van der Waals surface area (Å²) in [6, 6.07) is 13.6. The van der Waals surface area contributed by atoms with Crippen LogP contribution in [0.5, 0.6) is 0 Å². The molecule has 0 bridgehead atoms. The number of aryl methyl sites for hydroxylation is 1. The Kier molecular flexibility index (Phi) is 4.64. The Morgan fingerprint density at radius 1 is 1.00 bits per heavy atom. The SMILES string of the molecule is O=C(CN1C(=O)N[C@@]2(CCc3ccccc32)C1=O)N1CCN(c2ccccc2F)CC1. The van der Waals surface area contributed by atoms with Crippen molar-refractivity contribution < 1.29 is 18.8 Å². The van der Waals surface area contributed by atoms with Gasteiger partial charge in [-0.15, -0.1) is 0 Å². The first-order valence-electron chi connectivity index (χ1n) is 10.5. The molecule has 0 saturated carbocycles. The maximum absolute atomic E-state index is 14.0. The smallest absolute Gasteiger partial charge is 0.325 e. The number of carbonyl (C=O) groups is 3. The lowest BCUT2D eigenvalue weighted by Crippen LogP contribution is -2.52. The highest BCUT2D eigenvalue weighted by molar-refractivity contribution is 6.09.